The smallest absolute Gasteiger partial charge is 0.333 e. The topological polar surface area (TPSA) is 84.5 Å². The van der Waals surface area contributed by atoms with Gasteiger partial charge in [-0.3, -0.25) is 9.59 Å². The van der Waals surface area contributed by atoms with E-state index in [2.05, 4.69) is 26.6 Å². The number of hydrogen-bond acceptors (Lipinski definition) is 4. The van der Waals surface area contributed by atoms with Crippen LogP contribution < -0.4 is 10.6 Å². The second kappa shape index (κ2) is 10.0. The van der Waals surface area contributed by atoms with Crippen LogP contribution in [0.3, 0.4) is 0 Å². The largest absolute Gasteiger partial charge is 0.467 e. The van der Waals surface area contributed by atoms with E-state index in [1.165, 1.54) is 7.11 Å². The minimum absolute atomic E-state index is 0.0311. The average Bonchev–Trinajstić information content (AvgIpc) is 2.77. The molecule has 0 aromatic heterocycles. The first-order valence-corrected chi connectivity index (χ1v) is 10.2. The molecule has 7 heteroatoms. The summed E-state index contributed by atoms with van der Waals surface area (Å²) in [6.45, 7) is 0.145. The number of nitrogens with one attached hydrogen (secondary N) is 2. The Kier molecular flexibility index (Phi) is 7.19. The summed E-state index contributed by atoms with van der Waals surface area (Å²) in [5.41, 5.74) is 1.13. The third-order valence-electron chi connectivity index (χ3n) is 4.59. The third kappa shape index (κ3) is 5.45. The van der Waals surface area contributed by atoms with Crippen LogP contribution in [-0.2, 0) is 14.3 Å². The quantitative estimate of drug-likeness (QED) is 0.517. The Morgan fingerprint density at radius 3 is 2.37 bits per heavy atom. The Bertz CT molecular complexity index is 1070. The number of hydrogen-bond donors (Lipinski definition) is 2. The van der Waals surface area contributed by atoms with Crippen molar-refractivity contribution in [2.75, 3.05) is 13.7 Å². The highest BCUT2D eigenvalue weighted by Gasteiger charge is 2.23. The molecule has 0 fully saturated rings. The lowest BCUT2D eigenvalue weighted by molar-refractivity contribution is -0.145. The molecule has 6 nitrogen and oxygen atoms in total. The molecule has 0 spiro atoms. The standard InChI is InChI=1S/C23H21BrN2O4/c1-30-23(29)21(16-8-10-19(24)11-9-16)26-20(27)12-13-25-22(28)18-7-6-15-4-2-3-5-17(15)14-18/h2-11,14,21H,12-13H2,1H3,(H,25,28)(H,26,27). The van der Waals surface area contributed by atoms with Gasteiger partial charge in [-0.15, -0.1) is 0 Å². The molecule has 2 N–H and O–H groups in total. The zero-order chi connectivity index (χ0) is 21.5. The van der Waals surface area contributed by atoms with Crippen LogP contribution in [0.25, 0.3) is 10.8 Å². The summed E-state index contributed by atoms with van der Waals surface area (Å²) in [5.74, 6) is -1.19. The van der Waals surface area contributed by atoms with E-state index in [4.69, 9.17) is 4.74 Å². The summed E-state index contributed by atoms with van der Waals surface area (Å²) in [7, 11) is 1.27. The molecule has 1 atom stereocenters. The van der Waals surface area contributed by atoms with Gasteiger partial charge in [-0.05, 0) is 40.6 Å². The number of carbonyl (C=O) groups is 3. The first-order chi connectivity index (χ1) is 14.5. The molecule has 0 saturated carbocycles. The number of ether oxygens (including phenoxy) is 1. The first-order valence-electron chi connectivity index (χ1n) is 9.37. The molecule has 3 aromatic carbocycles. The van der Waals surface area contributed by atoms with Gasteiger partial charge in [0.15, 0.2) is 6.04 Å². The van der Waals surface area contributed by atoms with E-state index in [9.17, 15) is 14.4 Å². The van der Waals surface area contributed by atoms with E-state index in [0.717, 1.165) is 15.2 Å². The summed E-state index contributed by atoms with van der Waals surface area (Å²) in [4.78, 5) is 36.8. The second-order valence-electron chi connectivity index (χ2n) is 6.64. The molecule has 154 valence electrons. The molecule has 3 aromatic rings. The number of methoxy groups -OCH3 is 1. The normalized spacial score (nSPS) is 11.5. The van der Waals surface area contributed by atoms with Gasteiger partial charge in [0.2, 0.25) is 5.91 Å². The van der Waals surface area contributed by atoms with Gasteiger partial charge in [0.25, 0.3) is 5.91 Å². The van der Waals surface area contributed by atoms with E-state index < -0.39 is 12.0 Å². The lowest BCUT2D eigenvalue weighted by atomic mass is 10.1. The molecule has 0 aliphatic heterocycles. The highest BCUT2D eigenvalue weighted by atomic mass is 79.9. The summed E-state index contributed by atoms with van der Waals surface area (Å²) >= 11 is 3.34. The van der Waals surface area contributed by atoms with Crippen molar-refractivity contribution >= 4 is 44.5 Å². The molecular formula is C23H21BrN2O4. The van der Waals surface area contributed by atoms with Crippen LogP contribution >= 0.6 is 15.9 Å². The van der Waals surface area contributed by atoms with Crippen molar-refractivity contribution in [2.24, 2.45) is 0 Å². The number of amides is 2. The number of rotatable bonds is 7. The Balaban J connectivity index is 1.56. The summed E-state index contributed by atoms with van der Waals surface area (Å²) in [6.07, 6.45) is 0.0311. The van der Waals surface area contributed by atoms with E-state index in [-0.39, 0.29) is 24.8 Å². The molecule has 0 heterocycles. The SMILES string of the molecule is COC(=O)C(NC(=O)CCNC(=O)c1ccc2ccccc2c1)c1ccc(Br)cc1. The van der Waals surface area contributed by atoms with Gasteiger partial charge in [-0.25, -0.2) is 4.79 Å². The van der Waals surface area contributed by atoms with Crippen molar-refractivity contribution < 1.29 is 19.1 Å². The maximum Gasteiger partial charge on any atom is 0.333 e. The van der Waals surface area contributed by atoms with Crippen LogP contribution in [0.5, 0.6) is 0 Å². The zero-order valence-corrected chi connectivity index (χ0v) is 17.9. The van der Waals surface area contributed by atoms with Gasteiger partial charge < -0.3 is 15.4 Å². The summed E-state index contributed by atoms with van der Waals surface area (Å²) < 4.78 is 5.66. The fourth-order valence-electron chi connectivity index (χ4n) is 3.01. The molecule has 0 radical (unpaired) electrons. The average molecular weight is 469 g/mol. The predicted octanol–water partition coefficient (Wildman–Crippen LogP) is 3.75. The minimum atomic E-state index is -0.910. The third-order valence-corrected chi connectivity index (χ3v) is 5.12. The van der Waals surface area contributed by atoms with Crippen molar-refractivity contribution in [3.8, 4) is 0 Å². The Labute approximate surface area is 182 Å². The predicted molar refractivity (Wildman–Crippen MR) is 118 cm³/mol. The Morgan fingerprint density at radius 1 is 0.967 bits per heavy atom. The maximum atomic E-state index is 12.4. The van der Waals surface area contributed by atoms with Gasteiger partial charge in [0.1, 0.15) is 0 Å². The van der Waals surface area contributed by atoms with Gasteiger partial charge in [0, 0.05) is 23.0 Å². The molecule has 30 heavy (non-hydrogen) atoms. The summed E-state index contributed by atoms with van der Waals surface area (Å²) in [6, 6.07) is 19.3. The lowest BCUT2D eigenvalue weighted by Crippen LogP contribution is -2.36. The van der Waals surface area contributed by atoms with Gasteiger partial charge in [0.05, 0.1) is 7.11 Å². The fourth-order valence-corrected chi connectivity index (χ4v) is 3.27. The highest BCUT2D eigenvalue weighted by Crippen LogP contribution is 2.18. The van der Waals surface area contributed by atoms with Crippen LogP contribution in [0.4, 0.5) is 0 Å². The fraction of sp³-hybridized carbons (Fsp3) is 0.174. The van der Waals surface area contributed by atoms with Crippen LogP contribution in [-0.4, -0.2) is 31.4 Å². The number of fused-ring (bicyclic) bond motifs is 1. The van der Waals surface area contributed by atoms with E-state index >= 15 is 0 Å². The van der Waals surface area contributed by atoms with Crippen LogP contribution in [0.2, 0.25) is 0 Å². The molecule has 0 saturated heterocycles. The minimum Gasteiger partial charge on any atom is -0.467 e. The molecule has 0 aliphatic rings. The molecule has 1 unspecified atom stereocenters. The number of benzene rings is 3. The summed E-state index contributed by atoms with van der Waals surface area (Å²) in [5, 5.41) is 7.42. The number of carbonyl (C=O) groups excluding carboxylic acids is 3. The molecular weight excluding hydrogens is 448 g/mol. The van der Waals surface area contributed by atoms with Crippen molar-refractivity contribution in [1.29, 1.82) is 0 Å². The van der Waals surface area contributed by atoms with Gasteiger partial charge >= 0.3 is 5.97 Å². The first kappa shape index (κ1) is 21.5. The van der Waals surface area contributed by atoms with Crippen molar-refractivity contribution in [3.63, 3.8) is 0 Å². The molecule has 3 rings (SSSR count). The zero-order valence-electron chi connectivity index (χ0n) is 16.4. The molecule has 0 bridgehead atoms. The van der Waals surface area contributed by atoms with E-state index in [0.29, 0.717) is 11.1 Å². The Morgan fingerprint density at radius 2 is 1.67 bits per heavy atom. The van der Waals surface area contributed by atoms with E-state index in [1.807, 2.05) is 36.4 Å². The maximum absolute atomic E-state index is 12.4. The van der Waals surface area contributed by atoms with E-state index in [1.54, 1.807) is 30.3 Å². The highest BCUT2D eigenvalue weighted by molar-refractivity contribution is 9.10. The lowest BCUT2D eigenvalue weighted by Gasteiger charge is -2.17. The van der Waals surface area contributed by atoms with Crippen LogP contribution in [0.1, 0.15) is 28.4 Å². The molecule has 0 aliphatic carbocycles. The van der Waals surface area contributed by atoms with Crippen molar-refractivity contribution in [2.45, 2.75) is 12.5 Å². The van der Waals surface area contributed by atoms with Crippen LogP contribution in [0, 0.1) is 0 Å². The van der Waals surface area contributed by atoms with Crippen molar-refractivity contribution in [1.82, 2.24) is 10.6 Å². The Hall–Kier alpha value is -3.19. The van der Waals surface area contributed by atoms with Gasteiger partial charge in [-0.2, -0.15) is 0 Å². The monoisotopic (exact) mass is 468 g/mol. The molecule has 2 amide bonds. The number of halogens is 1. The van der Waals surface area contributed by atoms with Gasteiger partial charge in [-0.1, -0.05) is 58.4 Å². The number of esters is 1. The van der Waals surface area contributed by atoms with Crippen molar-refractivity contribution in [3.05, 3.63) is 82.3 Å². The van der Waals surface area contributed by atoms with Crippen LogP contribution in [0.15, 0.2) is 71.2 Å². The second-order valence-corrected chi connectivity index (χ2v) is 7.56.